The molecule has 2 aliphatic rings. The van der Waals surface area contributed by atoms with Crippen LogP contribution in [-0.2, 0) is 0 Å². The zero-order chi connectivity index (χ0) is 15.0. The molecular formula is C15H22N2O2S2. The molecule has 4 nitrogen and oxygen atoms in total. The predicted octanol–water partition coefficient (Wildman–Crippen LogP) is 2.85. The molecule has 2 heterocycles. The van der Waals surface area contributed by atoms with Gasteiger partial charge in [-0.15, -0.1) is 23.1 Å². The van der Waals surface area contributed by atoms with Gasteiger partial charge < -0.3 is 15.7 Å². The van der Waals surface area contributed by atoms with E-state index in [-0.39, 0.29) is 18.3 Å². The van der Waals surface area contributed by atoms with Gasteiger partial charge in [0, 0.05) is 25.6 Å². The first kappa shape index (κ1) is 15.2. The predicted molar refractivity (Wildman–Crippen MR) is 89.6 cm³/mol. The number of piperidine rings is 1. The van der Waals surface area contributed by atoms with Crippen molar-refractivity contribution in [2.45, 2.75) is 30.6 Å². The summed E-state index contributed by atoms with van der Waals surface area (Å²) in [4.78, 5) is 16.5. The lowest BCUT2D eigenvalue weighted by molar-refractivity contribution is 0.0972. The van der Waals surface area contributed by atoms with Crippen molar-refractivity contribution < 1.29 is 9.90 Å². The second-order valence-corrected chi connectivity index (χ2v) is 7.75. The summed E-state index contributed by atoms with van der Waals surface area (Å²) in [6, 6.07) is 0. The number of nitrogens with zero attached hydrogens (tertiary/aromatic N) is 1. The number of nitrogen functional groups attached to an aromatic ring is 1. The molecule has 1 aliphatic carbocycles. The van der Waals surface area contributed by atoms with Gasteiger partial charge in [0.2, 0.25) is 0 Å². The Morgan fingerprint density at radius 2 is 2.05 bits per heavy atom. The SMILES string of the molecule is CSc1c(N2CCC(CO)CC2)sc(C(=O)C2CC2)c1N. The average molecular weight is 326 g/mol. The maximum absolute atomic E-state index is 12.4. The Morgan fingerprint density at radius 3 is 2.57 bits per heavy atom. The van der Waals surface area contributed by atoms with Crippen LogP contribution in [0, 0.1) is 11.8 Å². The first-order chi connectivity index (χ1) is 10.2. The molecule has 1 saturated carbocycles. The summed E-state index contributed by atoms with van der Waals surface area (Å²) in [7, 11) is 0. The van der Waals surface area contributed by atoms with E-state index in [9.17, 15) is 9.90 Å². The number of nitrogens with two attached hydrogens (primary N) is 1. The molecule has 0 aromatic carbocycles. The van der Waals surface area contributed by atoms with Gasteiger partial charge in [-0.2, -0.15) is 0 Å². The second kappa shape index (κ2) is 6.18. The number of thioether (sulfide) groups is 1. The van der Waals surface area contributed by atoms with Gasteiger partial charge in [-0.1, -0.05) is 0 Å². The van der Waals surface area contributed by atoms with Crippen molar-refractivity contribution in [3.05, 3.63) is 4.88 Å². The maximum Gasteiger partial charge on any atom is 0.178 e. The average Bonchev–Trinajstić information content (AvgIpc) is 3.30. The van der Waals surface area contributed by atoms with Crippen LogP contribution in [-0.4, -0.2) is 36.8 Å². The molecule has 1 aromatic heterocycles. The first-order valence-electron chi connectivity index (χ1n) is 7.52. The smallest absolute Gasteiger partial charge is 0.178 e. The molecule has 1 aliphatic heterocycles. The molecule has 0 unspecified atom stereocenters. The molecule has 21 heavy (non-hydrogen) atoms. The Bertz CT molecular complexity index is 532. The van der Waals surface area contributed by atoms with Crippen LogP contribution in [0.1, 0.15) is 35.4 Å². The largest absolute Gasteiger partial charge is 0.396 e. The second-order valence-electron chi connectivity index (χ2n) is 5.93. The van der Waals surface area contributed by atoms with Crippen LogP contribution in [0.3, 0.4) is 0 Å². The topological polar surface area (TPSA) is 66.6 Å². The third kappa shape index (κ3) is 2.94. The van der Waals surface area contributed by atoms with Crippen molar-refractivity contribution in [1.29, 1.82) is 0 Å². The van der Waals surface area contributed by atoms with E-state index in [4.69, 9.17) is 5.73 Å². The van der Waals surface area contributed by atoms with Crippen molar-refractivity contribution in [3.8, 4) is 0 Å². The molecule has 6 heteroatoms. The van der Waals surface area contributed by atoms with E-state index < -0.39 is 0 Å². The molecule has 2 fully saturated rings. The summed E-state index contributed by atoms with van der Waals surface area (Å²) in [5.41, 5.74) is 6.93. The number of carbonyl (C=O) groups is 1. The minimum Gasteiger partial charge on any atom is -0.396 e. The number of Topliss-reactive ketones (excluding diaryl/α,β-unsaturated/α-hetero) is 1. The lowest BCUT2D eigenvalue weighted by atomic mass is 9.98. The highest BCUT2D eigenvalue weighted by Gasteiger charge is 2.35. The number of aliphatic hydroxyl groups excluding tert-OH is 1. The van der Waals surface area contributed by atoms with Crippen LogP contribution in [0.25, 0.3) is 0 Å². The van der Waals surface area contributed by atoms with Crippen molar-refractivity contribution in [1.82, 2.24) is 0 Å². The summed E-state index contributed by atoms with van der Waals surface area (Å²) >= 11 is 3.21. The van der Waals surface area contributed by atoms with Gasteiger partial charge in [0.1, 0.15) is 5.00 Å². The maximum atomic E-state index is 12.4. The Hall–Kier alpha value is -0.720. The molecule has 0 radical (unpaired) electrons. The van der Waals surface area contributed by atoms with Gasteiger partial charge >= 0.3 is 0 Å². The highest BCUT2D eigenvalue weighted by atomic mass is 32.2. The van der Waals surface area contributed by atoms with Gasteiger partial charge in [-0.3, -0.25) is 4.79 Å². The zero-order valence-corrected chi connectivity index (χ0v) is 13.9. The minimum atomic E-state index is 0.216. The number of thiophene rings is 1. The fourth-order valence-electron chi connectivity index (χ4n) is 2.85. The Labute approximate surface area is 133 Å². The van der Waals surface area contributed by atoms with Gasteiger partial charge in [-0.25, -0.2) is 0 Å². The van der Waals surface area contributed by atoms with E-state index >= 15 is 0 Å². The molecular weight excluding hydrogens is 304 g/mol. The molecule has 1 aromatic rings. The number of anilines is 2. The highest BCUT2D eigenvalue weighted by Crippen LogP contribution is 2.47. The molecule has 116 valence electrons. The summed E-state index contributed by atoms with van der Waals surface area (Å²) < 4.78 is 0. The third-order valence-corrected chi connectivity index (χ3v) is 6.65. The lowest BCUT2D eigenvalue weighted by Gasteiger charge is -2.32. The normalized spacial score (nSPS) is 20.0. The van der Waals surface area contributed by atoms with Crippen LogP contribution in [0.5, 0.6) is 0 Å². The van der Waals surface area contributed by atoms with Crippen LogP contribution in [0.4, 0.5) is 10.7 Å². The van der Waals surface area contributed by atoms with Crippen molar-refractivity contribution >= 4 is 39.6 Å². The Morgan fingerprint density at radius 1 is 1.38 bits per heavy atom. The standard InChI is InChI=1S/C15H22N2O2S2/c1-20-14-11(16)13(12(19)10-2-3-10)21-15(14)17-6-4-9(8-18)5-7-17/h9-10,18H,2-8,16H2,1H3. The van der Waals surface area contributed by atoms with Gasteiger partial charge in [0.15, 0.2) is 5.78 Å². The Balaban J connectivity index is 1.84. The van der Waals surface area contributed by atoms with Crippen LogP contribution in [0.2, 0.25) is 0 Å². The molecule has 0 amide bonds. The minimum absolute atomic E-state index is 0.216. The van der Waals surface area contributed by atoms with Crippen molar-refractivity contribution in [2.75, 3.05) is 36.6 Å². The summed E-state index contributed by atoms with van der Waals surface area (Å²) in [5, 5.41) is 10.4. The number of ketones is 1. The number of aliphatic hydroxyl groups is 1. The number of rotatable bonds is 5. The monoisotopic (exact) mass is 326 g/mol. The van der Waals surface area contributed by atoms with Crippen LogP contribution >= 0.6 is 23.1 Å². The van der Waals surface area contributed by atoms with Crippen LogP contribution in [0.15, 0.2) is 4.90 Å². The van der Waals surface area contributed by atoms with Gasteiger partial charge in [0.25, 0.3) is 0 Å². The van der Waals surface area contributed by atoms with Gasteiger partial charge in [-0.05, 0) is 37.9 Å². The zero-order valence-electron chi connectivity index (χ0n) is 12.3. The summed E-state index contributed by atoms with van der Waals surface area (Å²) in [6.07, 6.45) is 6.07. The third-order valence-electron chi connectivity index (χ3n) is 4.42. The molecule has 0 bridgehead atoms. The molecule has 3 N–H and O–H groups in total. The number of hydrogen-bond acceptors (Lipinski definition) is 6. The van der Waals surface area contributed by atoms with Crippen LogP contribution < -0.4 is 10.6 Å². The van der Waals surface area contributed by atoms with E-state index in [1.807, 2.05) is 6.26 Å². The number of carbonyl (C=O) groups excluding carboxylic acids is 1. The van der Waals surface area contributed by atoms with E-state index in [1.165, 1.54) is 0 Å². The van der Waals surface area contributed by atoms with Gasteiger partial charge in [0.05, 0.1) is 15.5 Å². The van der Waals surface area contributed by atoms with E-state index in [1.54, 1.807) is 23.1 Å². The highest BCUT2D eigenvalue weighted by molar-refractivity contribution is 7.99. The van der Waals surface area contributed by atoms with Crippen molar-refractivity contribution in [3.63, 3.8) is 0 Å². The first-order valence-corrected chi connectivity index (χ1v) is 9.56. The van der Waals surface area contributed by atoms with E-state index in [2.05, 4.69) is 4.90 Å². The fourth-order valence-corrected chi connectivity index (χ4v) is 5.11. The van der Waals surface area contributed by atoms with E-state index in [0.29, 0.717) is 11.6 Å². The van der Waals surface area contributed by atoms with Crippen molar-refractivity contribution in [2.24, 2.45) is 11.8 Å². The quantitative estimate of drug-likeness (QED) is 0.643. The molecule has 3 rings (SSSR count). The molecule has 1 saturated heterocycles. The molecule has 0 atom stereocenters. The van der Waals surface area contributed by atoms with E-state index in [0.717, 1.165) is 53.5 Å². The lowest BCUT2D eigenvalue weighted by Crippen LogP contribution is -2.34. The Kier molecular flexibility index (Phi) is 4.47. The fraction of sp³-hybridized carbons (Fsp3) is 0.667. The summed E-state index contributed by atoms with van der Waals surface area (Å²) in [6.45, 7) is 2.16. The number of hydrogen-bond donors (Lipinski definition) is 2. The summed E-state index contributed by atoms with van der Waals surface area (Å²) in [5.74, 6) is 0.877. The molecule has 0 spiro atoms.